The number of carboxylic acids is 1. The number of carbonyl (C=O) groups excluding carboxylic acids is 1. The van der Waals surface area contributed by atoms with E-state index in [1.807, 2.05) is 54.6 Å². The summed E-state index contributed by atoms with van der Waals surface area (Å²) in [5.41, 5.74) is 0.946. The van der Waals surface area contributed by atoms with Crippen LogP contribution in [0.5, 0.6) is 11.5 Å². The zero-order valence-electron chi connectivity index (χ0n) is 14.6. The van der Waals surface area contributed by atoms with Gasteiger partial charge in [-0.15, -0.1) is 0 Å². The number of hydrogen-bond donors (Lipinski definition) is 2. The molecule has 0 spiro atoms. The molecule has 3 rings (SSSR count). The van der Waals surface area contributed by atoms with Gasteiger partial charge in [-0.2, -0.15) is 0 Å². The molecule has 136 valence electrons. The second-order valence-electron chi connectivity index (χ2n) is 6.61. The molecule has 5 nitrogen and oxygen atoms in total. The number of amides is 1. The van der Waals surface area contributed by atoms with E-state index >= 15 is 0 Å². The first-order valence-electron chi connectivity index (χ1n) is 8.96. The number of benzene rings is 2. The zero-order chi connectivity index (χ0) is 18.4. The normalized spacial score (nSPS) is 19.5. The first-order chi connectivity index (χ1) is 12.6. The molecule has 0 saturated heterocycles. The highest BCUT2D eigenvalue weighted by atomic mass is 16.5. The van der Waals surface area contributed by atoms with Gasteiger partial charge >= 0.3 is 5.97 Å². The number of para-hydroxylation sites is 1. The van der Waals surface area contributed by atoms with Crippen molar-refractivity contribution in [3.05, 3.63) is 60.2 Å². The van der Waals surface area contributed by atoms with Gasteiger partial charge in [-0.05, 0) is 42.7 Å². The van der Waals surface area contributed by atoms with Crippen LogP contribution < -0.4 is 10.1 Å². The molecule has 1 fully saturated rings. The van der Waals surface area contributed by atoms with Gasteiger partial charge in [0.2, 0.25) is 5.91 Å². The summed E-state index contributed by atoms with van der Waals surface area (Å²) in [6.07, 6.45) is 3.02. The number of rotatable bonds is 6. The van der Waals surface area contributed by atoms with E-state index in [0.717, 1.165) is 29.9 Å². The highest BCUT2D eigenvalue weighted by molar-refractivity contribution is 5.84. The van der Waals surface area contributed by atoms with Gasteiger partial charge in [-0.3, -0.25) is 9.59 Å². The number of hydrogen-bond acceptors (Lipinski definition) is 3. The van der Waals surface area contributed by atoms with E-state index in [2.05, 4.69) is 5.32 Å². The average molecular weight is 353 g/mol. The van der Waals surface area contributed by atoms with Gasteiger partial charge in [0.05, 0.1) is 11.8 Å². The van der Waals surface area contributed by atoms with Crippen molar-refractivity contribution < 1.29 is 19.4 Å². The molecule has 1 saturated carbocycles. The number of nitrogens with one attached hydrogen (secondary N) is 1. The molecule has 26 heavy (non-hydrogen) atoms. The molecule has 0 aromatic heterocycles. The predicted molar refractivity (Wildman–Crippen MR) is 97.9 cm³/mol. The molecular formula is C21H23NO4. The Labute approximate surface area is 153 Å². The van der Waals surface area contributed by atoms with Crippen LogP contribution in [0.3, 0.4) is 0 Å². The Morgan fingerprint density at radius 1 is 0.923 bits per heavy atom. The van der Waals surface area contributed by atoms with Gasteiger partial charge in [0, 0.05) is 6.54 Å². The molecule has 1 aliphatic rings. The Balaban J connectivity index is 1.54. The molecule has 0 heterocycles. The fourth-order valence-electron chi connectivity index (χ4n) is 3.36. The lowest BCUT2D eigenvalue weighted by molar-refractivity contribution is -0.148. The van der Waals surface area contributed by atoms with E-state index < -0.39 is 17.8 Å². The minimum absolute atomic E-state index is 0.165. The SMILES string of the molecule is O=C(O)C1CCCCC1C(=O)NCc1ccc(Oc2ccccc2)cc1. The Hall–Kier alpha value is -2.82. The molecule has 2 unspecified atom stereocenters. The Morgan fingerprint density at radius 3 is 2.19 bits per heavy atom. The van der Waals surface area contributed by atoms with E-state index in [1.54, 1.807) is 0 Å². The van der Waals surface area contributed by atoms with Crippen LogP contribution in [0.1, 0.15) is 31.2 Å². The van der Waals surface area contributed by atoms with Gasteiger partial charge in [0.25, 0.3) is 0 Å². The molecule has 2 N–H and O–H groups in total. The first-order valence-corrected chi connectivity index (χ1v) is 8.96. The summed E-state index contributed by atoms with van der Waals surface area (Å²) in [5.74, 6) is -0.531. The number of aliphatic carboxylic acids is 1. The number of carbonyl (C=O) groups is 2. The number of carboxylic acid groups (broad SMARTS) is 1. The summed E-state index contributed by atoms with van der Waals surface area (Å²) in [4.78, 5) is 23.7. The van der Waals surface area contributed by atoms with Crippen molar-refractivity contribution in [1.82, 2.24) is 5.32 Å². The standard InChI is InChI=1S/C21H23NO4/c23-20(18-8-4-5-9-19(18)21(24)25)22-14-15-10-12-17(13-11-15)26-16-6-2-1-3-7-16/h1-3,6-7,10-13,18-19H,4-5,8-9,14H2,(H,22,23)(H,24,25). The highest BCUT2D eigenvalue weighted by Crippen LogP contribution is 2.30. The van der Waals surface area contributed by atoms with Crippen molar-refractivity contribution in [2.75, 3.05) is 0 Å². The minimum atomic E-state index is -0.868. The van der Waals surface area contributed by atoms with Gasteiger partial charge in [-0.1, -0.05) is 43.2 Å². The van der Waals surface area contributed by atoms with Gasteiger partial charge in [0.1, 0.15) is 11.5 Å². The topological polar surface area (TPSA) is 75.6 Å². The summed E-state index contributed by atoms with van der Waals surface area (Å²) in [6.45, 7) is 0.382. The summed E-state index contributed by atoms with van der Waals surface area (Å²) in [6, 6.07) is 17.0. The Bertz CT molecular complexity index is 742. The van der Waals surface area contributed by atoms with Crippen LogP contribution >= 0.6 is 0 Å². The zero-order valence-corrected chi connectivity index (χ0v) is 14.6. The van der Waals surface area contributed by atoms with Crippen molar-refractivity contribution in [2.24, 2.45) is 11.8 Å². The lowest BCUT2D eigenvalue weighted by Gasteiger charge is -2.27. The quantitative estimate of drug-likeness (QED) is 0.823. The van der Waals surface area contributed by atoms with Gasteiger partial charge in [0.15, 0.2) is 0 Å². The minimum Gasteiger partial charge on any atom is -0.481 e. The lowest BCUT2D eigenvalue weighted by atomic mass is 9.78. The van der Waals surface area contributed by atoms with Crippen LogP contribution in [0.2, 0.25) is 0 Å². The molecule has 5 heteroatoms. The second kappa shape index (κ2) is 8.52. The summed E-state index contributed by atoms with van der Waals surface area (Å²) >= 11 is 0. The number of ether oxygens (including phenoxy) is 1. The van der Waals surface area contributed by atoms with Crippen LogP contribution in [0, 0.1) is 11.8 Å². The molecule has 2 aromatic rings. The summed E-state index contributed by atoms with van der Waals surface area (Å²) in [7, 11) is 0. The van der Waals surface area contributed by atoms with Gasteiger partial charge in [-0.25, -0.2) is 0 Å². The van der Waals surface area contributed by atoms with E-state index in [0.29, 0.717) is 19.4 Å². The van der Waals surface area contributed by atoms with Gasteiger partial charge < -0.3 is 15.2 Å². The molecule has 1 amide bonds. The maximum absolute atomic E-state index is 12.4. The monoisotopic (exact) mass is 353 g/mol. The van der Waals surface area contributed by atoms with Crippen LogP contribution in [0.4, 0.5) is 0 Å². The maximum Gasteiger partial charge on any atom is 0.307 e. The van der Waals surface area contributed by atoms with Crippen LogP contribution in [0.15, 0.2) is 54.6 Å². The third kappa shape index (κ3) is 4.63. The van der Waals surface area contributed by atoms with E-state index in [-0.39, 0.29) is 5.91 Å². The van der Waals surface area contributed by atoms with E-state index in [9.17, 15) is 14.7 Å². The Morgan fingerprint density at radius 2 is 1.54 bits per heavy atom. The van der Waals surface area contributed by atoms with E-state index in [4.69, 9.17) is 4.74 Å². The fraction of sp³-hybridized carbons (Fsp3) is 0.333. The molecule has 2 atom stereocenters. The largest absolute Gasteiger partial charge is 0.481 e. The van der Waals surface area contributed by atoms with Crippen molar-refractivity contribution in [3.63, 3.8) is 0 Å². The fourth-order valence-corrected chi connectivity index (χ4v) is 3.36. The Kier molecular flexibility index (Phi) is 5.89. The van der Waals surface area contributed by atoms with Crippen molar-refractivity contribution in [2.45, 2.75) is 32.2 Å². The van der Waals surface area contributed by atoms with Crippen molar-refractivity contribution >= 4 is 11.9 Å². The molecular weight excluding hydrogens is 330 g/mol. The summed E-state index contributed by atoms with van der Waals surface area (Å²) in [5, 5.41) is 12.2. The third-order valence-corrected chi connectivity index (χ3v) is 4.79. The molecule has 0 aliphatic heterocycles. The highest BCUT2D eigenvalue weighted by Gasteiger charge is 2.35. The first kappa shape index (κ1) is 18.0. The summed E-state index contributed by atoms with van der Waals surface area (Å²) < 4.78 is 5.74. The van der Waals surface area contributed by atoms with Crippen LogP contribution in [-0.2, 0) is 16.1 Å². The van der Waals surface area contributed by atoms with Crippen molar-refractivity contribution in [3.8, 4) is 11.5 Å². The smallest absolute Gasteiger partial charge is 0.307 e. The van der Waals surface area contributed by atoms with Crippen LogP contribution in [-0.4, -0.2) is 17.0 Å². The lowest BCUT2D eigenvalue weighted by Crippen LogP contribution is -2.39. The molecule has 0 bridgehead atoms. The van der Waals surface area contributed by atoms with Crippen LogP contribution in [0.25, 0.3) is 0 Å². The molecule has 2 aromatic carbocycles. The van der Waals surface area contributed by atoms with Crippen molar-refractivity contribution in [1.29, 1.82) is 0 Å². The molecule has 0 radical (unpaired) electrons. The maximum atomic E-state index is 12.4. The van der Waals surface area contributed by atoms with E-state index in [1.165, 1.54) is 0 Å². The second-order valence-corrected chi connectivity index (χ2v) is 6.61. The average Bonchev–Trinajstić information content (AvgIpc) is 2.68. The predicted octanol–water partition coefficient (Wildman–Crippen LogP) is 3.99. The molecule has 1 aliphatic carbocycles. The third-order valence-electron chi connectivity index (χ3n) is 4.79.